The van der Waals surface area contributed by atoms with Crippen molar-refractivity contribution in [1.82, 2.24) is 0 Å². The van der Waals surface area contributed by atoms with E-state index in [1.807, 2.05) is 6.92 Å². The predicted molar refractivity (Wildman–Crippen MR) is 52.9 cm³/mol. The van der Waals surface area contributed by atoms with Gasteiger partial charge in [-0.1, -0.05) is 18.2 Å². The van der Waals surface area contributed by atoms with Crippen LogP contribution in [0.4, 0.5) is 0 Å². The SMILES string of the molecule is CC(N)C(=O)O.CC=CC=CC(=O)O. The maximum absolute atomic E-state index is 9.75. The summed E-state index contributed by atoms with van der Waals surface area (Å²) in [4.78, 5) is 19.3. The molecule has 0 aliphatic carbocycles. The maximum Gasteiger partial charge on any atom is 0.328 e. The summed E-state index contributed by atoms with van der Waals surface area (Å²) in [5, 5.41) is 15.9. The third kappa shape index (κ3) is 16.8. The van der Waals surface area contributed by atoms with Gasteiger partial charge in [-0.15, -0.1) is 0 Å². The smallest absolute Gasteiger partial charge is 0.328 e. The highest BCUT2D eigenvalue weighted by atomic mass is 16.4. The van der Waals surface area contributed by atoms with Crippen LogP contribution in [0, 0.1) is 0 Å². The second-order valence-corrected chi connectivity index (χ2v) is 2.35. The molecular weight excluding hydrogens is 186 g/mol. The topological polar surface area (TPSA) is 101 Å². The summed E-state index contributed by atoms with van der Waals surface area (Å²) in [6.07, 6.45) is 5.98. The fraction of sp³-hybridized carbons (Fsp3) is 0.333. The van der Waals surface area contributed by atoms with Gasteiger partial charge in [-0.05, 0) is 13.8 Å². The fourth-order valence-corrected chi connectivity index (χ4v) is 0.249. The average Bonchev–Trinajstić information content (AvgIpc) is 2.05. The molecule has 0 radical (unpaired) electrons. The molecule has 0 aliphatic heterocycles. The van der Waals surface area contributed by atoms with Gasteiger partial charge in [0.1, 0.15) is 6.04 Å². The first kappa shape index (κ1) is 14.9. The van der Waals surface area contributed by atoms with Gasteiger partial charge in [0.05, 0.1) is 0 Å². The van der Waals surface area contributed by atoms with Crippen LogP contribution in [0.1, 0.15) is 13.8 Å². The summed E-state index contributed by atoms with van der Waals surface area (Å²) in [7, 11) is 0. The van der Waals surface area contributed by atoms with Crippen molar-refractivity contribution in [2.24, 2.45) is 5.73 Å². The number of carbonyl (C=O) groups is 2. The fourth-order valence-electron chi connectivity index (χ4n) is 0.249. The highest BCUT2D eigenvalue weighted by molar-refractivity contribution is 5.80. The van der Waals surface area contributed by atoms with Crippen molar-refractivity contribution in [1.29, 1.82) is 0 Å². The number of carboxylic acids is 2. The lowest BCUT2D eigenvalue weighted by Gasteiger charge is -1.90. The van der Waals surface area contributed by atoms with Gasteiger partial charge in [-0.2, -0.15) is 0 Å². The lowest BCUT2D eigenvalue weighted by molar-refractivity contribution is -0.138. The standard InChI is InChI=1S/C6H8O2.C3H7NO2/c1-2-3-4-5-6(7)8;1-2(4)3(5)6/h2-5H,1H3,(H,7,8);2H,4H2,1H3,(H,5,6). The molecule has 4 N–H and O–H groups in total. The van der Waals surface area contributed by atoms with E-state index in [0.29, 0.717) is 0 Å². The van der Waals surface area contributed by atoms with Crippen LogP contribution in [0.5, 0.6) is 0 Å². The molecule has 0 aliphatic rings. The molecule has 0 saturated carbocycles. The molecular formula is C9H15NO4. The highest BCUT2D eigenvalue weighted by Gasteiger charge is 1.99. The number of aliphatic carboxylic acids is 2. The zero-order valence-electron chi connectivity index (χ0n) is 8.18. The van der Waals surface area contributed by atoms with Crippen LogP contribution in [-0.4, -0.2) is 28.2 Å². The molecule has 14 heavy (non-hydrogen) atoms. The van der Waals surface area contributed by atoms with Crippen LogP contribution in [0.15, 0.2) is 24.3 Å². The molecule has 0 rings (SSSR count). The Kier molecular flexibility index (Phi) is 10.1. The molecule has 5 heteroatoms. The number of allylic oxidation sites excluding steroid dienone is 3. The van der Waals surface area contributed by atoms with E-state index in [1.165, 1.54) is 13.0 Å². The Bertz CT molecular complexity index is 231. The van der Waals surface area contributed by atoms with Crippen molar-refractivity contribution in [3.63, 3.8) is 0 Å². The van der Waals surface area contributed by atoms with E-state index < -0.39 is 18.0 Å². The third-order valence-corrected chi connectivity index (χ3v) is 0.932. The van der Waals surface area contributed by atoms with E-state index >= 15 is 0 Å². The van der Waals surface area contributed by atoms with Gasteiger partial charge >= 0.3 is 11.9 Å². The highest BCUT2D eigenvalue weighted by Crippen LogP contribution is 1.74. The molecule has 0 aromatic rings. The third-order valence-electron chi connectivity index (χ3n) is 0.932. The molecule has 0 aromatic carbocycles. The molecule has 5 nitrogen and oxygen atoms in total. The number of carboxylic acid groups (broad SMARTS) is 2. The van der Waals surface area contributed by atoms with E-state index in [0.717, 1.165) is 6.08 Å². The molecule has 0 bridgehead atoms. The Morgan fingerprint density at radius 1 is 1.29 bits per heavy atom. The van der Waals surface area contributed by atoms with E-state index in [2.05, 4.69) is 0 Å². The molecule has 80 valence electrons. The first-order valence-electron chi connectivity index (χ1n) is 3.92. The first-order chi connectivity index (χ1) is 6.41. The van der Waals surface area contributed by atoms with Crippen LogP contribution < -0.4 is 5.73 Å². The van der Waals surface area contributed by atoms with Gasteiger partial charge < -0.3 is 15.9 Å². The Labute approximate surface area is 82.5 Å². The molecule has 0 spiro atoms. The Morgan fingerprint density at radius 2 is 1.71 bits per heavy atom. The van der Waals surface area contributed by atoms with Gasteiger partial charge in [0.15, 0.2) is 0 Å². The Hall–Kier alpha value is -1.62. The van der Waals surface area contributed by atoms with Crippen molar-refractivity contribution < 1.29 is 19.8 Å². The molecule has 1 atom stereocenters. The van der Waals surface area contributed by atoms with Crippen molar-refractivity contribution in [2.75, 3.05) is 0 Å². The van der Waals surface area contributed by atoms with Crippen molar-refractivity contribution in [2.45, 2.75) is 19.9 Å². The molecule has 0 aromatic heterocycles. The van der Waals surface area contributed by atoms with Gasteiger partial charge in [-0.25, -0.2) is 4.79 Å². The van der Waals surface area contributed by atoms with E-state index in [9.17, 15) is 9.59 Å². The van der Waals surface area contributed by atoms with Gasteiger partial charge in [0.25, 0.3) is 0 Å². The molecule has 0 heterocycles. The predicted octanol–water partition coefficient (Wildman–Crippen LogP) is 0.621. The second-order valence-electron chi connectivity index (χ2n) is 2.35. The minimum absolute atomic E-state index is 0.731. The van der Waals surface area contributed by atoms with Crippen LogP contribution in [0.25, 0.3) is 0 Å². The van der Waals surface area contributed by atoms with E-state index in [-0.39, 0.29) is 0 Å². The monoisotopic (exact) mass is 201 g/mol. The van der Waals surface area contributed by atoms with Crippen LogP contribution >= 0.6 is 0 Å². The van der Waals surface area contributed by atoms with Crippen molar-refractivity contribution >= 4 is 11.9 Å². The van der Waals surface area contributed by atoms with Crippen molar-refractivity contribution in [3.05, 3.63) is 24.3 Å². The quantitative estimate of drug-likeness (QED) is 0.459. The summed E-state index contributed by atoms with van der Waals surface area (Å²) in [6.45, 7) is 3.24. The minimum atomic E-state index is -0.963. The largest absolute Gasteiger partial charge is 0.480 e. The average molecular weight is 201 g/mol. The number of rotatable bonds is 3. The summed E-state index contributed by atoms with van der Waals surface area (Å²) in [5.74, 6) is -1.88. The van der Waals surface area contributed by atoms with Crippen LogP contribution in [0.2, 0.25) is 0 Å². The summed E-state index contributed by atoms with van der Waals surface area (Å²) in [6, 6.07) is -0.731. The summed E-state index contributed by atoms with van der Waals surface area (Å²) >= 11 is 0. The van der Waals surface area contributed by atoms with Crippen LogP contribution in [0.3, 0.4) is 0 Å². The summed E-state index contributed by atoms with van der Waals surface area (Å²) in [5.41, 5.74) is 4.84. The van der Waals surface area contributed by atoms with Gasteiger partial charge in [0, 0.05) is 6.08 Å². The van der Waals surface area contributed by atoms with Crippen LogP contribution in [-0.2, 0) is 9.59 Å². The maximum atomic E-state index is 9.75. The first-order valence-corrected chi connectivity index (χ1v) is 3.92. The Balaban J connectivity index is 0. The second kappa shape index (κ2) is 9.47. The Morgan fingerprint density at radius 3 is 1.93 bits per heavy atom. The number of hydrogen-bond acceptors (Lipinski definition) is 3. The lowest BCUT2D eigenvalue weighted by atomic mass is 10.4. The minimum Gasteiger partial charge on any atom is -0.480 e. The van der Waals surface area contributed by atoms with Crippen molar-refractivity contribution in [3.8, 4) is 0 Å². The zero-order chi connectivity index (χ0) is 11.6. The van der Waals surface area contributed by atoms with E-state index in [4.69, 9.17) is 15.9 Å². The lowest BCUT2D eigenvalue weighted by Crippen LogP contribution is -2.25. The van der Waals surface area contributed by atoms with E-state index in [1.54, 1.807) is 12.2 Å². The van der Waals surface area contributed by atoms with Gasteiger partial charge in [-0.3, -0.25) is 4.79 Å². The summed E-state index contributed by atoms with van der Waals surface area (Å²) < 4.78 is 0. The normalized spacial score (nSPS) is 12.2. The van der Waals surface area contributed by atoms with Gasteiger partial charge in [0.2, 0.25) is 0 Å². The molecule has 0 amide bonds. The zero-order valence-corrected chi connectivity index (χ0v) is 8.18. The molecule has 0 fully saturated rings. The molecule has 1 unspecified atom stereocenters. The molecule has 0 saturated heterocycles. The number of nitrogens with two attached hydrogens (primary N) is 1. The number of hydrogen-bond donors (Lipinski definition) is 3.